The molecule has 4 heteroatoms. The molecule has 3 aromatic carbocycles. The maximum atomic E-state index is 5.85. The summed E-state index contributed by atoms with van der Waals surface area (Å²) in [4.78, 5) is 0. The third-order valence-corrected chi connectivity index (χ3v) is 12.9. The van der Waals surface area contributed by atoms with E-state index in [0.717, 1.165) is 19.6 Å². The van der Waals surface area contributed by atoms with Gasteiger partial charge in [-0.3, -0.25) is 0 Å². The van der Waals surface area contributed by atoms with Crippen LogP contribution < -0.4 is 39.9 Å². The second kappa shape index (κ2) is 20.6. The Morgan fingerprint density at radius 3 is 1.37 bits per heavy atom. The van der Waals surface area contributed by atoms with Gasteiger partial charge in [-0.15, -0.1) is 0 Å². The molecule has 1 unspecified atom stereocenters. The minimum absolute atomic E-state index is 0. The van der Waals surface area contributed by atoms with E-state index in [-0.39, 0.29) is 30.3 Å². The first-order chi connectivity index (χ1) is 19.9. The molecular weight excluding hydrogens is 634 g/mol. The van der Waals surface area contributed by atoms with Crippen molar-refractivity contribution in [1.29, 1.82) is 0 Å². The molecule has 1 heterocycles. The molecule has 1 aliphatic rings. The van der Waals surface area contributed by atoms with E-state index < -0.39 is 7.26 Å². The maximum Gasteiger partial charge on any atom is 0.157 e. The van der Waals surface area contributed by atoms with Gasteiger partial charge in [0, 0.05) is 13.2 Å². The van der Waals surface area contributed by atoms with E-state index >= 15 is 0 Å². The average Bonchev–Trinajstić information content (AvgIpc) is 3.03. The van der Waals surface area contributed by atoms with E-state index in [1.54, 1.807) is 0 Å². The quantitative estimate of drug-likeness (QED) is 0.0849. The SMILES string of the molecule is [I-].c1ccc([P+](CCCCCCCCCCCCCCOC2CCCCO2)(c2ccccc2)c2ccccc2)cc1. The summed E-state index contributed by atoms with van der Waals surface area (Å²) in [6.07, 6.45) is 21.0. The van der Waals surface area contributed by atoms with Gasteiger partial charge in [0.2, 0.25) is 0 Å². The minimum atomic E-state index is -1.66. The van der Waals surface area contributed by atoms with E-state index in [4.69, 9.17) is 9.47 Å². The number of halogens is 1. The zero-order valence-corrected chi connectivity index (χ0v) is 28.2. The van der Waals surface area contributed by atoms with Crippen molar-refractivity contribution in [3.8, 4) is 0 Å². The molecule has 0 radical (unpaired) electrons. The fraction of sp³-hybridized carbons (Fsp3) is 0.514. The number of ether oxygens (including phenoxy) is 2. The molecule has 0 aromatic heterocycles. The summed E-state index contributed by atoms with van der Waals surface area (Å²) in [5.74, 6) is 0. The molecule has 224 valence electrons. The van der Waals surface area contributed by atoms with Crippen LogP contribution in [0.4, 0.5) is 0 Å². The van der Waals surface area contributed by atoms with E-state index in [1.165, 1.54) is 112 Å². The second-order valence-electron chi connectivity index (χ2n) is 11.4. The molecule has 0 amide bonds. The van der Waals surface area contributed by atoms with Gasteiger partial charge in [0.15, 0.2) is 6.29 Å². The molecule has 1 saturated heterocycles. The Morgan fingerprint density at radius 1 is 0.537 bits per heavy atom. The average molecular weight is 687 g/mol. The zero-order chi connectivity index (χ0) is 27.6. The summed E-state index contributed by atoms with van der Waals surface area (Å²) in [6, 6.07) is 34.0. The molecule has 3 aromatic rings. The minimum Gasteiger partial charge on any atom is -1.00 e. The van der Waals surface area contributed by atoms with Crippen LogP contribution in [0.1, 0.15) is 96.3 Å². The first-order valence-corrected chi connectivity index (χ1v) is 18.2. The highest BCUT2D eigenvalue weighted by Gasteiger charge is 2.44. The van der Waals surface area contributed by atoms with Crippen LogP contribution in [0.25, 0.3) is 0 Å². The molecule has 1 atom stereocenters. The zero-order valence-electron chi connectivity index (χ0n) is 25.1. The van der Waals surface area contributed by atoms with Crippen molar-refractivity contribution >= 4 is 23.2 Å². The Bertz CT molecular complexity index is 928. The molecule has 1 aliphatic heterocycles. The van der Waals surface area contributed by atoms with Crippen LogP contribution in [-0.2, 0) is 9.47 Å². The first kappa shape index (κ1) is 34.2. The molecule has 41 heavy (non-hydrogen) atoms. The molecule has 0 N–H and O–H groups in total. The molecule has 0 aliphatic carbocycles. The summed E-state index contributed by atoms with van der Waals surface area (Å²) in [6.45, 7) is 1.75. The number of hydrogen-bond acceptors (Lipinski definition) is 2. The Labute approximate surface area is 268 Å². The van der Waals surface area contributed by atoms with E-state index in [0.29, 0.717) is 0 Å². The van der Waals surface area contributed by atoms with Crippen molar-refractivity contribution in [3.63, 3.8) is 0 Å². The molecule has 1 fully saturated rings. The van der Waals surface area contributed by atoms with Gasteiger partial charge < -0.3 is 33.5 Å². The van der Waals surface area contributed by atoms with Gasteiger partial charge in [0.1, 0.15) is 23.2 Å². The molecule has 4 rings (SSSR count). The maximum absolute atomic E-state index is 5.85. The largest absolute Gasteiger partial charge is 1.00 e. The second-order valence-corrected chi connectivity index (χ2v) is 15.1. The normalized spacial score (nSPS) is 15.4. The van der Waals surface area contributed by atoms with Crippen molar-refractivity contribution in [2.24, 2.45) is 0 Å². The van der Waals surface area contributed by atoms with Gasteiger partial charge in [0.05, 0.1) is 6.16 Å². The third kappa shape index (κ3) is 11.4. The lowest BCUT2D eigenvalue weighted by atomic mass is 10.1. The van der Waals surface area contributed by atoms with Crippen LogP contribution in [0.3, 0.4) is 0 Å². The summed E-state index contributed by atoms with van der Waals surface area (Å²) in [5, 5.41) is 4.54. The number of unbranched alkanes of at least 4 members (excludes halogenated alkanes) is 11. The molecule has 0 bridgehead atoms. The van der Waals surface area contributed by atoms with Gasteiger partial charge >= 0.3 is 0 Å². The molecule has 0 spiro atoms. The lowest BCUT2D eigenvalue weighted by molar-refractivity contribution is -0.162. The number of rotatable bonds is 19. The predicted octanol–water partition coefficient (Wildman–Crippen LogP) is 6.21. The van der Waals surface area contributed by atoms with Gasteiger partial charge in [-0.1, -0.05) is 112 Å². The van der Waals surface area contributed by atoms with Gasteiger partial charge in [-0.05, 0) is 74.9 Å². The Morgan fingerprint density at radius 2 is 0.951 bits per heavy atom. The number of hydrogen-bond donors (Lipinski definition) is 0. The van der Waals surface area contributed by atoms with Crippen molar-refractivity contribution in [1.82, 2.24) is 0 Å². The Hall–Kier alpha value is -1.26. The van der Waals surface area contributed by atoms with E-state index in [1.807, 2.05) is 0 Å². The Kier molecular flexibility index (Phi) is 17.2. The van der Waals surface area contributed by atoms with Crippen LogP contribution in [-0.4, -0.2) is 25.7 Å². The van der Waals surface area contributed by atoms with Crippen molar-refractivity contribution in [2.75, 3.05) is 19.4 Å². The lowest BCUT2D eigenvalue weighted by Gasteiger charge is -2.27. The highest BCUT2D eigenvalue weighted by atomic mass is 127. The highest BCUT2D eigenvalue weighted by molar-refractivity contribution is 7.95. The van der Waals surface area contributed by atoms with Crippen LogP contribution in [0, 0.1) is 0 Å². The molecular formula is C37H52IO2P. The van der Waals surface area contributed by atoms with Crippen LogP contribution in [0.2, 0.25) is 0 Å². The molecule has 2 nitrogen and oxygen atoms in total. The fourth-order valence-corrected chi connectivity index (χ4v) is 10.6. The van der Waals surface area contributed by atoms with E-state index in [2.05, 4.69) is 91.0 Å². The highest BCUT2D eigenvalue weighted by Crippen LogP contribution is 2.56. The number of benzene rings is 3. The smallest absolute Gasteiger partial charge is 0.157 e. The van der Waals surface area contributed by atoms with Crippen LogP contribution in [0.5, 0.6) is 0 Å². The standard InChI is InChI=1S/C37H52O2P.HI/c1(3-5-7-9-21-31-38-37-30-20-22-32-39-37)2-4-6-8-10-23-33-40(34-24-14-11-15-25-34,35-26-16-12-17-27-35)36-28-18-13-19-29-36;/h11-19,24-29,37H,1-10,20-23,30-33H2;1H/q+1;/p-1. The van der Waals surface area contributed by atoms with Crippen molar-refractivity contribution < 1.29 is 33.5 Å². The van der Waals surface area contributed by atoms with Gasteiger partial charge in [0.25, 0.3) is 0 Å². The first-order valence-electron chi connectivity index (χ1n) is 16.2. The monoisotopic (exact) mass is 686 g/mol. The Balaban J connectivity index is 0.00000462. The van der Waals surface area contributed by atoms with Crippen molar-refractivity contribution in [2.45, 2.75) is 103 Å². The third-order valence-electron chi connectivity index (χ3n) is 8.42. The molecule has 0 saturated carbocycles. The lowest BCUT2D eigenvalue weighted by Crippen LogP contribution is -3.00. The van der Waals surface area contributed by atoms with Crippen molar-refractivity contribution in [3.05, 3.63) is 91.0 Å². The van der Waals surface area contributed by atoms with Crippen LogP contribution in [0.15, 0.2) is 91.0 Å². The van der Waals surface area contributed by atoms with Gasteiger partial charge in [-0.2, -0.15) is 0 Å². The summed E-state index contributed by atoms with van der Waals surface area (Å²) >= 11 is 0. The predicted molar refractivity (Wildman–Crippen MR) is 175 cm³/mol. The summed E-state index contributed by atoms with van der Waals surface area (Å²) in [5.41, 5.74) is 0. The topological polar surface area (TPSA) is 18.5 Å². The van der Waals surface area contributed by atoms with Gasteiger partial charge in [-0.25, -0.2) is 0 Å². The summed E-state index contributed by atoms with van der Waals surface area (Å²) < 4.78 is 11.5. The summed E-state index contributed by atoms with van der Waals surface area (Å²) in [7, 11) is -1.66. The van der Waals surface area contributed by atoms with E-state index in [9.17, 15) is 0 Å². The fourth-order valence-electron chi connectivity index (χ4n) is 6.16. The van der Waals surface area contributed by atoms with Crippen LogP contribution >= 0.6 is 7.26 Å².